The molecule has 0 fully saturated rings. The lowest BCUT2D eigenvalue weighted by atomic mass is 10.0. The fourth-order valence-corrected chi connectivity index (χ4v) is 2.25. The molecular formula is C13H11NO. The van der Waals surface area contributed by atoms with Gasteiger partial charge in [-0.15, -0.1) is 0 Å². The van der Waals surface area contributed by atoms with Gasteiger partial charge in [0.15, 0.2) is 0 Å². The first-order valence-corrected chi connectivity index (χ1v) is 5.02. The van der Waals surface area contributed by atoms with Crippen LogP contribution >= 0.6 is 0 Å². The van der Waals surface area contributed by atoms with E-state index in [4.69, 9.17) is 0 Å². The Bertz CT molecular complexity index is 546. The van der Waals surface area contributed by atoms with Crippen LogP contribution in [0.1, 0.15) is 16.8 Å². The molecule has 15 heavy (non-hydrogen) atoms. The smallest absolute Gasteiger partial charge is 0.116 e. The fraction of sp³-hybridized carbons (Fsp3) is 0.154. The molecule has 1 N–H and O–H groups in total. The summed E-state index contributed by atoms with van der Waals surface area (Å²) in [6.07, 6.45) is 2.73. The molecule has 2 nitrogen and oxygen atoms in total. The molecule has 0 aliphatic heterocycles. The van der Waals surface area contributed by atoms with E-state index in [1.165, 1.54) is 16.7 Å². The van der Waals surface area contributed by atoms with Gasteiger partial charge < -0.3 is 5.11 Å². The molecule has 0 amide bonds. The van der Waals surface area contributed by atoms with Crippen LogP contribution < -0.4 is 0 Å². The Balaban J connectivity index is 2.33. The average Bonchev–Trinajstić information content (AvgIpc) is 2.57. The van der Waals surface area contributed by atoms with Crippen molar-refractivity contribution >= 4 is 0 Å². The van der Waals surface area contributed by atoms with E-state index in [9.17, 15) is 5.11 Å². The van der Waals surface area contributed by atoms with Crippen molar-refractivity contribution in [2.24, 2.45) is 0 Å². The zero-order chi connectivity index (χ0) is 10.4. The lowest BCUT2D eigenvalue weighted by Crippen LogP contribution is -1.87. The predicted molar refractivity (Wildman–Crippen MR) is 58.9 cm³/mol. The van der Waals surface area contributed by atoms with Crippen molar-refractivity contribution in [2.45, 2.75) is 13.3 Å². The minimum atomic E-state index is 0.324. The van der Waals surface area contributed by atoms with Crippen molar-refractivity contribution in [1.29, 1.82) is 0 Å². The third-order valence-corrected chi connectivity index (χ3v) is 2.96. The number of phenolic OH excluding ortho intramolecular Hbond substituents is 1. The number of fused-ring (bicyclic) bond motifs is 3. The van der Waals surface area contributed by atoms with Crippen LogP contribution in [0.25, 0.3) is 11.1 Å². The standard InChI is InChI=1S/C13H11NO/c1-8-4-5-14-12-6-9-2-3-10(15)7-11(9)13(8)12/h2-5,7,15H,6H2,1H3. The highest BCUT2D eigenvalue weighted by molar-refractivity contribution is 5.78. The van der Waals surface area contributed by atoms with Gasteiger partial charge in [0.1, 0.15) is 5.75 Å². The van der Waals surface area contributed by atoms with Crippen LogP contribution in [0.2, 0.25) is 0 Å². The van der Waals surface area contributed by atoms with Gasteiger partial charge in [0.2, 0.25) is 0 Å². The van der Waals surface area contributed by atoms with E-state index >= 15 is 0 Å². The summed E-state index contributed by atoms with van der Waals surface area (Å²) in [6, 6.07) is 7.56. The molecule has 2 heteroatoms. The average molecular weight is 197 g/mol. The summed E-state index contributed by atoms with van der Waals surface area (Å²) in [4.78, 5) is 4.38. The van der Waals surface area contributed by atoms with Gasteiger partial charge >= 0.3 is 0 Å². The summed E-state index contributed by atoms with van der Waals surface area (Å²) in [5.74, 6) is 0.324. The Morgan fingerprint density at radius 2 is 2.13 bits per heavy atom. The molecule has 1 aromatic carbocycles. The molecule has 1 aliphatic carbocycles. The Labute approximate surface area is 88.2 Å². The molecule has 1 aromatic heterocycles. The van der Waals surface area contributed by atoms with Gasteiger partial charge in [0, 0.05) is 18.2 Å². The van der Waals surface area contributed by atoms with Crippen LogP contribution in [-0.4, -0.2) is 10.1 Å². The van der Waals surface area contributed by atoms with Crippen molar-refractivity contribution in [3.63, 3.8) is 0 Å². The monoisotopic (exact) mass is 197 g/mol. The molecule has 74 valence electrons. The first kappa shape index (κ1) is 8.48. The molecule has 3 rings (SSSR count). The normalized spacial score (nSPS) is 12.3. The number of aromatic nitrogens is 1. The molecule has 2 aromatic rings. The maximum absolute atomic E-state index is 9.49. The van der Waals surface area contributed by atoms with E-state index in [2.05, 4.69) is 11.9 Å². The highest BCUT2D eigenvalue weighted by Gasteiger charge is 2.21. The van der Waals surface area contributed by atoms with E-state index in [0.29, 0.717) is 5.75 Å². The third kappa shape index (κ3) is 1.14. The number of aryl methyl sites for hydroxylation is 1. The number of pyridine rings is 1. The highest BCUT2D eigenvalue weighted by Crippen LogP contribution is 2.38. The molecule has 0 saturated heterocycles. The Morgan fingerprint density at radius 1 is 1.27 bits per heavy atom. The van der Waals surface area contributed by atoms with Gasteiger partial charge in [-0.25, -0.2) is 0 Å². The van der Waals surface area contributed by atoms with Crippen LogP contribution in [0, 0.1) is 6.92 Å². The minimum absolute atomic E-state index is 0.324. The van der Waals surface area contributed by atoms with E-state index < -0.39 is 0 Å². The molecule has 0 unspecified atom stereocenters. The van der Waals surface area contributed by atoms with Crippen molar-refractivity contribution in [2.75, 3.05) is 0 Å². The van der Waals surface area contributed by atoms with Gasteiger partial charge in [0.05, 0.1) is 5.69 Å². The van der Waals surface area contributed by atoms with Crippen LogP contribution in [0.5, 0.6) is 5.75 Å². The van der Waals surface area contributed by atoms with E-state index in [0.717, 1.165) is 17.7 Å². The lowest BCUT2D eigenvalue weighted by Gasteiger charge is -2.04. The molecular weight excluding hydrogens is 186 g/mol. The van der Waals surface area contributed by atoms with Crippen molar-refractivity contribution in [3.05, 3.63) is 47.3 Å². The molecule has 0 radical (unpaired) electrons. The van der Waals surface area contributed by atoms with Crippen LogP contribution in [0.4, 0.5) is 0 Å². The van der Waals surface area contributed by atoms with Gasteiger partial charge in [-0.05, 0) is 41.8 Å². The van der Waals surface area contributed by atoms with Gasteiger partial charge in [-0.1, -0.05) is 6.07 Å². The maximum atomic E-state index is 9.49. The summed E-state index contributed by atoms with van der Waals surface area (Å²) in [5, 5.41) is 9.49. The number of phenols is 1. The summed E-state index contributed by atoms with van der Waals surface area (Å²) in [6.45, 7) is 2.08. The summed E-state index contributed by atoms with van der Waals surface area (Å²) < 4.78 is 0. The lowest BCUT2D eigenvalue weighted by molar-refractivity contribution is 0.475. The first-order valence-electron chi connectivity index (χ1n) is 5.02. The van der Waals surface area contributed by atoms with Gasteiger partial charge in [-0.3, -0.25) is 4.98 Å². The zero-order valence-corrected chi connectivity index (χ0v) is 8.49. The second kappa shape index (κ2) is 2.83. The van der Waals surface area contributed by atoms with Gasteiger partial charge in [0.25, 0.3) is 0 Å². The zero-order valence-electron chi connectivity index (χ0n) is 8.49. The van der Waals surface area contributed by atoms with Crippen LogP contribution in [0.3, 0.4) is 0 Å². The van der Waals surface area contributed by atoms with Gasteiger partial charge in [-0.2, -0.15) is 0 Å². The van der Waals surface area contributed by atoms with E-state index in [-0.39, 0.29) is 0 Å². The number of rotatable bonds is 0. The van der Waals surface area contributed by atoms with Crippen LogP contribution in [0.15, 0.2) is 30.5 Å². The largest absolute Gasteiger partial charge is 0.508 e. The fourth-order valence-electron chi connectivity index (χ4n) is 2.25. The highest BCUT2D eigenvalue weighted by atomic mass is 16.3. The maximum Gasteiger partial charge on any atom is 0.116 e. The first-order chi connectivity index (χ1) is 7.25. The summed E-state index contributed by atoms with van der Waals surface area (Å²) in [7, 11) is 0. The van der Waals surface area contributed by atoms with Crippen LogP contribution in [-0.2, 0) is 6.42 Å². The third-order valence-electron chi connectivity index (χ3n) is 2.96. The molecule has 0 atom stereocenters. The number of hydrogen-bond acceptors (Lipinski definition) is 2. The number of benzene rings is 1. The summed E-state index contributed by atoms with van der Waals surface area (Å²) in [5.41, 5.74) is 5.93. The van der Waals surface area contributed by atoms with E-state index in [1.54, 1.807) is 6.07 Å². The quantitative estimate of drug-likeness (QED) is 0.601. The van der Waals surface area contributed by atoms with Crippen molar-refractivity contribution in [1.82, 2.24) is 4.98 Å². The number of aromatic hydroxyl groups is 1. The Kier molecular flexibility index (Phi) is 1.60. The predicted octanol–water partition coefficient (Wildman–Crippen LogP) is 2.67. The minimum Gasteiger partial charge on any atom is -0.508 e. The topological polar surface area (TPSA) is 33.1 Å². The second-order valence-electron chi connectivity index (χ2n) is 3.97. The summed E-state index contributed by atoms with van der Waals surface area (Å²) >= 11 is 0. The van der Waals surface area contributed by atoms with E-state index in [1.807, 2.05) is 24.4 Å². The SMILES string of the molecule is Cc1ccnc2c1-c1cc(O)ccc1C2. The second-order valence-corrected chi connectivity index (χ2v) is 3.97. The molecule has 0 spiro atoms. The Morgan fingerprint density at radius 3 is 3.00 bits per heavy atom. The Hall–Kier alpha value is -1.83. The number of hydrogen-bond donors (Lipinski definition) is 1. The molecule has 1 heterocycles. The van der Waals surface area contributed by atoms with Crippen molar-refractivity contribution < 1.29 is 5.11 Å². The van der Waals surface area contributed by atoms with Crippen molar-refractivity contribution in [3.8, 4) is 16.9 Å². The molecule has 1 aliphatic rings. The number of nitrogens with zero attached hydrogens (tertiary/aromatic N) is 1. The molecule has 0 saturated carbocycles. The molecule has 0 bridgehead atoms.